The average Bonchev–Trinajstić information content (AvgIpc) is 2.43. The zero-order valence-electron chi connectivity index (χ0n) is 10.8. The first-order valence-corrected chi connectivity index (χ1v) is 6.49. The van der Waals surface area contributed by atoms with Crippen molar-refractivity contribution in [3.63, 3.8) is 0 Å². The van der Waals surface area contributed by atoms with Crippen molar-refractivity contribution in [1.82, 2.24) is 10.2 Å². The van der Waals surface area contributed by atoms with E-state index < -0.39 is 0 Å². The van der Waals surface area contributed by atoms with Crippen molar-refractivity contribution in [2.75, 3.05) is 26.2 Å². The molecule has 0 aromatic heterocycles. The molecule has 1 heterocycles. The normalized spacial score (nSPS) is 14.1. The molecule has 4 nitrogen and oxygen atoms in total. The fourth-order valence-corrected chi connectivity index (χ4v) is 2.43. The van der Waals surface area contributed by atoms with E-state index in [4.69, 9.17) is 5.11 Å². The summed E-state index contributed by atoms with van der Waals surface area (Å²) < 4.78 is 0. The molecule has 0 atom stereocenters. The highest BCUT2D eigenvalue weighted by Gasteiger charge is 2.20. The second kappa shape index (κ2) is 5.98. The van der Waals surface area contributed by atoms with E-state index >= 15 is 0 Å². The third-order valence-electron chi connectivity index (χ3n) is 3.41. The number of carbonyl (C=O) groups excluding carboxylic acids is 1. The Balaban J connectivity index is 2.29. The minimum absolute atomic E-state index is 0.0101. The molecule has 0 spiro atoms. The highest BCUT2D eigenvalue weighted by molar-refractivity contribution is 5.96. The molecule has 0 unspecified atom stereocenters. The second-order valence-electron chi connectivity index (χ2n) is 4.48. The first kappa shape index (κ1) is 13.1. The summed E-state index contributed by atoms with van der Waals surface area (Å²) in [6.45, 7) is 4.73. The number of nitrogens with one attached hydrogen (secondary N) is 1. The topological polar surface area (TPSA) is 52.6 Å². The van der Waals surface area contributed by atoms with Gasteiger partial charge in [-0.3, -0.25) is 4.79 Å². The summed E-state index contributed by atoms with van der Waals surface area (Å²) in [5.74, 6) is 0.0327. The molecule has 0 saturated carbocycles. The number of nitrogens with zero attached hydrogens (tertiary/aromatic N) is 1. The van der Waals surface area contributed by atoms with E-state index in [1.165, 1.54) is 5.56 Å². The average molecular weight is 248 g/mol. The standard InChI is InChI=1S/C14H20N2O2/c1-2-16(8-9-17)14(18)13-5-3-4-11-10-15-7-6-12(11)13/h3-5,15,17H,2,6-10H2,1H3. The van der Waals surface area contributed by atoms with Crippen molar-refractivity contribution in [2.45, 2.75) is 19.9 Å². The van der Waals surface area contributed by atoms with Crippen LogP contribution < -0.4 is 5.32 Å². The Hall–Kier alpha value is -1.39. The maximum Gasteiger partial charge on any atom is 0.254 e. The van der Waals surface area contributed by atoms with Gasteiger partial charge >= 0.3 is 0 Å². The quantitative estimate of drug-likeness (QED) is 0.828. The summed E-state index contributed by atoms with van der Waals surface area (Å²) in [5, 5.41) is 12.3. The summed E-state index contributed by atoms with van der Waals surface area (Å²) in [6.07, 6.45) is 0.897. The predicted octanol–water partition coefficient (Wildman–Crippen LogP) is 0.787. The zero-order chi connectivity index (χ0) is 13.0. The third kappa shape index (κ3) is 2.54. The van der Waals surface area contributed by atoms with E-state index in [0.29, 0.717) is 13.1 Å². The Morgan fingerprint density at radius 2 is 2.33 bits per heavy atom. The van der Waals surface area contributed by atoms with Gasteiger partial charge in [0.25, 0.3) is 5.91 Å². The molecule has 1 aliphatic rings. The molecule has 0 fully saturated rings. The Bertz CT molecular complexity index is 432. The molecule has 1 aromatic carbocycles. The minimum Gasteiger partial charge on any atom is -0.395 e. The lowest BCUT2D eigenvalue weighted by Gasteiger charge is -2.24. The number of likely N-dealkylation sites (N-methyl/N-ethyl adjacent to an activating group) is 1. The summed E-state index contributed by atoms with van der Waals surface area (Å²) in [6, 6.07) is 5.90. The fourth-order valence-electron chi connectivity index (χ4n) is 2.43. The van der Waals surface area contributed by atoms with Crippen LogP contribution in [-0.4, -0.2) is 42.2 Å². The van der Waals surface area contributed by atoms with Crippen LogP contribution in [0.3, 0.4) is 0 Å². The molecule has 1 amide bonds. The highest BCUT2D eigenvalue weighted by Crippen LogP contribution is 2.20. The molecule has 0 radical (unpaired) electrons. The minimum atomic E-state index is 0.0101. The van der Waals surface area contributed by atoms with Gasteiger partial charge in [0.1, 0.15) is 0 Å². The first-order chi connectivity index (χ1) is 8.77. The molecule has 2 N–H and O–H groups in total. The van der Waals surface area contributed by atoms with Crippen molar-refractivity contribution < 1.29 is 9.90 Å². The summed E-state index contributed by atoms with van der Waals surface area (Å²) in [7, 11) is 0. The van der Waals surface area contributed by atoms with Crippen LogP contribution in [0.1, 0.15) is 28.4 Å². The van der Waals surface area contributed by atoms with Crippen molar-refractivity contribution >= 4 is 5.91 Å². The van der Waals surface area contributed by atoms with E-state index in [1.807, 2.05) is 19.1 Å². The van der Waals surface area contributed by atoms with Crippen molar-refractivity contribution in [3.8, 4) is 0 Å². The molecule has 0 aliphatic carbocycles. The van der Waals surface area contributed by atoms with Crippen LogP contribution in [0, 0.1) is 0 Å². The lowest BCUT2D eigenvalue weighted by atomic mass is 9.95. The molecule has 1 aromatic rings. The largest absolute Gasteiger partial charge is 0.395 e. The Kier molecular flexibility index (Phi) is 4.33. The summed E-state index contributed by atoms with van der Waals surface area (Å²) in [4.78, 5) is 14.1. The lowest BCUT2D eigenvalue weighted by molar-refractivity contribution is 0.0730. The molecule has 98 valence electrons. The second-order valence-corrected chi connectivity index (χ2v) is 4.48. The molecule has 4 heteroatoms. The van der Waals surface area contributed by atoms with Crippen LogP contribution in [0.25, 0.3) is 0 Å². The number of hydrogen-bond donors (Lipinski definition) is 2. The monoisotopic (exact) mass is 248 g/mol. The van der Waals surface area contributed by atoms with Crippen LogP contribution in [0.5, 0.6) is 0 Å². The van der Waals surface area contributed by atoms with Gasteiger partial charge in [-0.2, -0.15) is 0 Å². The lowest BCUT2D eigenvalue weighted by Crippen LogP contribution is -2.35. The molecular formula is C14H20N2O2. The Morgan fingerprint density at radius 1 is 1.50 bits per heavy atom. The van der Waals surface area contributed by atoms with Gasteiger partial charge in [0, 0.05) is 25.2 Å². The van der Waals surface area contributed by atoms with E-state index in [2.05, 4.69) is 11.4 Å². The van der Waals surface area contributed by atoms with Gasteiger partial charge < -0.3 is 15.3 Å². The molecule has 18 heavy (non-hydrogen) atoms. The number of amides is 1. The van der Waals surface area contributed by atoms with Gasteiger partial charge in [0.05, 0.1) is 6.61 Å². The van der Waals surface area contributed by atoms with Gasteiger partial charge in [-0.1, -0.05) is 12.1 Å². The smallest absolute Gasteiger partial charge is 0.254 e. The van der Waals surface area contributed by atoms with E-state index in [-0.39, 0.29) is 12.5 Å². The zero-order valence-corrected chi connectivity index (χ0v) is 10.8. The van der Waals surface area contributed by atoms with Gasteiger partial charge in [0.2, 0.25) is 0 Å². The number of carbonyl (C=O) groups is 1. The number of fused-ring (bicyclic) bond motifs is 1. The van der Waals surface area contributed by atoms with Crippen molar-refractivity contribution in [1.29, 1.82) is 0 Å². The van der Waals surface area contributed by atoms with Crippen molar-refractivity contribution in [2.24, 2.45) is 0 Å². The van der Waals surface area contributed by atoms with Crippen LogP contribution in [-0.2, 0) is 13.0 Å². The van der Waals surface area contributed by atoms with Gasteiger partial charge in [-0.15, -0.1) is 0 Å². The highest BCUT2D eigenvalue weighted by atomic mass is 16.3. The van der Waals surface area contributed by atoms with Gasteiger partial charge in [-0.05, 0) is 37.1 Å². The van der Waals surface area contributed by atoms with Crippen LogP contribution >= 0.6 is 0 Å². The van der Waals surface area contributed by atoms with Crippen LogP contribution in [0.4, 0.5) is 0 Å². The maximum atomic E-state index is 12.4. The molecule has 2 rings (SSSR count). The summed E-state index contributed by atoms with van der Waals surface area (Å²) >= 11 is 0. The van der Waals surface area contributed by atoms with Crippen molar-refractivity contribution in [3.05, 3.63) is 34.9 Å². The Morgan fingerprint density at radius 3 is 3.06 bits per heavy atom. The maximum absolute atomic E-state index is 12.4. The number of rotatable bonds is 4. The first-order valence-electron chi connectivity index (χ1n) is 6.49. The van der Waals surface area contributed by atoms with Crippen LogP contribution in [0.2, 0.25) is 0 Å². The number of hydrogen-bond acceptors (Lipinski definition) is 3. The van der Waals surface area contributed by atoms with E-state index in [1.54, 1.807) is 4.90 Å². The number of benzene rings is 1. The predicted molar refractivity (Wildman–Crippen MR) is 70.5 cm³/mol. The van der Waals surface area contributed by atoms with E-state index in [0.717, 1.165) is 30.6 Å². The summed E-state index contributed by atoms with van der Waals surface area (Å²) in [5.41, 5.74) is 3.18. The third-order valence-corrected chi connectivity index (χ3v) is 3.41. The fraction of sp³-hybridized carbons (Fsp3) is 0.500. The number of aliphatic hydroxyl groups excluding tert-OH is 1. The van der Waals surface area contributed by atoms with Gasteiger partial charge in [0.15, 0.2) is 0 Å². The SMILES string of the molecule is CCN(CCO)C(=O)c1cccc2c1CCNC2. The number of aliphatic hydroxyl groups is 1. The molecule has 0 bridgehead atoms. The molecular weight excluding hydrogens is 228 g/mol. The molecule has 0 saturated heterocycles. The van der Waals surface area contributed by atoms with Crippen LogP contribution in [0.15, 0.2) is 18.2 Å². The van der Waals surface area contributed by atoms with E-state index in [9.17, 15) is 4.79 Å². The Labute approximate surface area is 108 Å². The molecule has 1 aliphatic heterocycles. The van der Waals surface area contributed by atoms with Gasteiger partial charge in [-0.25, -0.2) is 0 Å².